The summed E-state index contributed by atoms with van der Waals surface area (Å²) in [5.41, 5.74) is 2.52. The summed E-state index contributed by atoms with van der Waals surface area (Å²) in [6, 6.07) is 17.0. The van der Waals surface area contributed by atoms with Crippen LogP contribution in [0.2, 0.25) is 0 Å². The molecule has 1 amide bonds. The van der Waals surface area contributed by atoms with Crippen molar-refractivity contribution in [2.75, 3.05) is 19.6 Å². The largest absolute Gasteiger partial charge is 0.360 e. The van der Waals surface area contributed by atoms with Crippen LogP contribution in [0.5, 0.6) is 0 Å². The summed E-state index contributed by atoms with van der Waals surface area (Å²) in [5, 5.41) is 4.25. The van der Waals surface area contributed by atoms with Gasteiger partial charge in [0.1, 0.15) is 0 Å². The number of H-pyrrole nitrogens is 1. The number of amides is 1. The molecule has 5 heteroatoms. The lowest BCUT2D eigenvalue weighted by molar-refractivity contribution is -0.130. The Balaban J connectivity index is 1.52. The number of carbonyl (C=O) groups is 2. The van der Waals surface area contributed by atoms with Crippen molar-refractivity contribution >= 4 is 22.6 Å². The van der Waals surface area contributed by atoms with E-state index in [1.807, 2.05) is 59.5 Å². The van der Waals surface area contributed by atoms with Gasteiger partial charge < -0.3 is 15.2 Å². The van der Waals surface area contributed by atoms with Crippen LogP contribution in [-0.4, -0.2) is 41.2 Å². The SMILES string of the molecule is O=C(c1c[nH]c2ccccc12)[C@H](NCCC(=O)N1CCCC1)c1ccccc1. The van der Waals surface area contributed by atoms with Crippen molar-refractivity contribution in [1.29, 1.82) is 0 Å². The highest BCUT2D eigenvalue weighted by Gasteiger charge is 2.25. The Labute approximate surface area is 164 Å². The van der Waals surface area contributed by atoms with E-state index in [4.69, 9.17) is 0 Å². The molecule has 1 aliphatic rings. The number of likely N-dealkylation sites (tertiary alicyclic amines) is 1. The molecule has 3 aromatic rings. The second kappa shape index (κ2) is 8.40. The van der Waals surface area contributed by atoms with E-state index in [9.17, 15) is 9.59 Å². The molecule has 1 aliphatic heterocycles. The molecule has 4 rings (SSSR count). The number of carbonyl (C=O) groups excluding carboxylic acids is 2. The standard InChI is InChI=1S/C23H25N3O2/c27-21(26-14-6-7-15-26)12-13-24-22(17-8-2-1-3-9-17)23(28)19-16-25-20-11-5-4-10-18(19)20/h1-5,8-11,16,22,24-25H,6-7,12-15H2/t22-/m1/s1. The van der Waals surface area contributed by atoms with Crippen molar-refractivity contribution in [3.8, 4) is 0 Å². The Morgan fingerprint density at radius 1 is 1.00 bits per heavy atom. The monoisotopic (exact) mass is 375 g/mol. The number of para-hydroxylation sites is 1. The van der Waals surface area contributed by atoms with Crippen LogP contribution in [0.4, 0.5) is 0 Å². The van der Waals surface area contributed by atoms with Crippen molar-refractivity contribution in [3.05, 3.63) is 71.9 Å². The number of ketones is 1. The van der Waals surface area contributed by atoms with Crippen molar-refractivity contribution in [2.24, 2.45) is 0 Å². The summed E-state index contributed by atoms with van der Waals surface area (Å²) in [4.78, 5) is 30.8. The fourth-order valence-corrected chi connectivity index (χ4v) is 3.89. The average molecular weight is 375 g/mol. The van der Waals surface area contributed by atoms with Gasteiger partial charge in [-0.1, -0.05) is 48.5 Å². The van der Waals surface area contributed by atoms with Gasteiger partial charge in [0.05, 0.1) is 6.04 Å². The third-order valence-corrected chi connectivity index (χ3v) is 5.40. The fraction of sp³-hybridized carbons (Fsp3) is 0.304. The van der Waals surface area contributed by atoms with Gasteiger partial charge in [-0.15, -0.1) is 0 Å². The maximum absolute atomic E-state index is 13.4. The molecule has 1 fully saturated rings. The number of rotatable bonds is 7. The van der Waals surface area contributed by atoms with Gasteiger partial charge in [0, 0.05) is 48.7 Å². The number of aromatic amines is 1. The molecule has 0 unspecified atom stereocenters. The van der Waals surface area contributed by atoms with Crippen molar-refractivity contribution in [1.82, 2.24) is 15.2 Å². The molecular formula is C23H25N3O2. The highest BCUT2D eigenvalue weighted by Crippen LogP contribution is 2.24. The van der Waals surface area contributed by atoms with Crippen LogP contribution in [0.1, 0.15) is 41.2 Å². The molecule has 2 aromatic carbocycles. The second-order valence-electron chi connectivity index (χ2n) is 7.25. The lowest BCUT2D eigenvalue weighted by Gasteiger charge is -2.20. The predicted octanol–water partition coefficient (Wildman–Crippen LogP) is 3.69. The molecule has 2 heterocycles. The molecule has 2 N–H and O–H groups in total. The maximum atomic E-state index is 13.4. The summed E-state index contributed by atoms with van der Waals surface area (Å²) < 4.78 is 0. The van der Waals surface area contributed by atoms with E-state index in [0.717, 1.165) is 42.4 Å². The van der Waals surface area contributed by atoms with Gasteiger partial charge >= 0.3 is 0 Å². The zero-order valence-corrected chi connectivity index (χ0v) is 15.9. The van der Waals surface area contributed by atoms with Crippen LogP contribution in [0.25, 0.3) is 10.9 Å². The van der Waals surface area contributed by atoms with E-state index in [2.05, 4.69) is 10.3 Å². The normalized spacial score (nSPS) is 15.1. The van der Waals surface area contributed by atoms with Crippen molar-refractivity contribution in [2.45, 2.75) is 25.3 Å². The van der Waals surface area contributed by atoms with Crippen LogP contribution in [-0.2, 0) is 4.79 Å². The van der Waals surface area contributed by atoms with Crippen LogP contribution < -0.4 is 5.32 Å². The highest BCUT2D eigenvalue weighted by atomic mass is 16.2. The summed E-state index contributed by atoms with van der Waals surface area (Å²) in [5.74, 6) is 0.175. The molecule has 0 spiro atoms. The van der Waals surface area contributed by atoms with Crippen molar-refractivity contribution < 1.29 is 9.59 Å². The molecule has 5 nitrogen and oxygen atoms in total. The summed E-state index contributed by atoms with van der Waals surface area (Å²) in [6.45, 7) is 2.19. The first-order chi connectivity index (χ1) is 13.7. The first-order valence-corrected chi connectivity index (χ1v) is 9.90. The zero-order chi connectivity index (χ0) is 19.3. The predicted molar refractivity (Wildman–Crippen MR) is 110 cm³/mol. The number of hydrogen-bond donors (Lipinski definition) is 2. The Morgan fingerprint density at radius 3 is 2.50 bits per heavy atom. The van der Waals surface area contributed by atoms with E-state index in [-0.39, 0.29) is 11.7 Å². The van der Waals surface area contributed by atoms with Gasteiger partial charge in [-0.2, -0.15) is 0 Å². The molecule has 0 saturated carbocycles. The Morgan fingerprint density at radius 2 is 1.71 bits per heavy atom. The third-order valence-electron chi connectivity index (χ3n) is 5.40. The first-order valence-electron chi connectivity index (χ1n) is 9.90. The molecule has 28 heavy (non-hydrogen) atoms. The van der Waals surface area contributed by atoms with Crippen LogP contribution in [0, 0.1) is 0 Å². The molecule has 0 bridgehead atoms. The van der Waals surface area contributed by atoms with Crippen LogP contribution in [0.15, 0.2) is 60.8 Å². The number of aromatic nitrogens is 1. The number of nitrogens with one attached hydrogen (secondary N) is 2. The van der Waals surface area contributed by atoms with Gasteiger partial charge in [-0.3, -0.25) is 9.59 Å². The third kappa shape index (κ3) is 3.85. The Hall–Kier alpha value is -2.92. The molecule has 1 saturated heterocycles. The van der Waals surface area contributed by atoms with E-state index >= 15 is 0 Å². The fourth-order valence-electron chi connectivity index (χ4n) is 3.89. The minimum Gasteiger partial charge on any atom is -0.360 e. The zero-order valence-electron chi connectivity index (χ0n) is 15.9. The second-order valence-corrected chi connectivity index (χ2v) is 7.25. The van der Waals surface area contributed by atoms with Crippen LogP contribution >= 0.6 is 0 Å². The molecule has 1 aromatic heterocycles. The lowest BCUT2D eigenvalue weighted by atomic mass is 9.97. The summed E-state index contributed by atoms with van der Waals surface area (Å²) in [7, 11) is 0. The van der Waals surface area contributed by atoms with Gasteiger partial charge in [-0.05, 0) is 24.5 Å². The highest BCUT2D eigenvalue weighted by molar-refractivity contribution is 6.10. The smallest absolute Gasteiger partial charge is 0.223 e. The van der Waals surface area contributed by atoms with E-state index < -0.39 is 6.04 Å². The quantitative estimate of drug-likeness (QED) is 0.619. The minimum atomic E-state index is -0.480. The van der Waals surface area contributed by atoms with Crippen LogP contribution in [0.3, 0.4) is 0 Å². The van der Waals surface area contributed by atoms with Gasteiger partial charge in [-0.25, -0.2) is 0 Å². The molecule has 1 atom stereocenters. The van der Waals surface area contributed by atoms with E-state index in [1.165, 1.54) is 0 Å². The molecule has 144 valence electrons. The first kappa shape index (κ1) is 18.4. The Kier molecular flexibility index (Phi) is 5.53. The number of fused-ring (bicyclic) bond motifs is 1. The van der Waals surface area contributed by atoms with E-state index in [0.29, 0.717) is 18.5 Å². The van der Waals surface area contributed by atoms with Gasteiger partial charge in [0.2, 0.25) is 5.91 Å². The maximum Gasteiger partial charge on any atom is 0.223 e. The van der Waals surface area contributed by atoms with E-state index in [1.54, 1.807) is 6.20 Å². The Bertz CT molecular complexity index is 958. The van der Waals surface area contributed by atoms with Gasteiger partial charge in [0.25, 0.3) is 0 Å². The molecular weight excluding hydrogens is 350 g/mol. The number of nitrogens with zero attached hydrogens (tertiary/aromatic N) is 1. The number of Topliss-reactive ketones (excluding diaryl/α,β-unsaturated/α-hetero) is 1. The average Bonchev–Trinajstić information content (AvgIpc) is 3.41. The number of hydrogen-bond acceptors (Lipinski definition) is 3. The minimum absolute atomic E-state index is 0.0114. The molecule has 0 aliphatic carbocycles. The lowest BCUT2D eigenvalue weighted by Crippen LogP contribution is -2.34. The summed E-state index contributed by atoms with van der Waals surface area (Å²) in [6.07, 6.45) is 4.36. The number of benzene rings is 2. The van der Waals surface area contributed by atoms with Gasteiger partial charge in [0.15, 0.2) is 5.78 Å². The molecule has 0 radical (unpaired) electrons. The topological polar surface area (TPSA) is 65.2 Å². The van der Waals surface area contributed by atoms with Crippen molar-refractivity contribution in [3.63, 3.8) is 0 Å². The summed E-state index contributed by atoms with van der Waals surface area (Å²) >= 11 is 0.